The highest BCUT2D eigenvalue weighted by molar-refractivity contribution is 6.31. The fraction of sp³-hybridized carbons (Fsp3) is 0.100. The lowest BCUT2D eigenvalue weighted by Crippen LogP contribution is -1.99. The number of hydrogen-bond donors (Lipinski definition) is 2. The Labute approximate surface area is 107 Å². The van der Waals surface area contributed by atoms with Crippen molar-refractivity contribution in [2.45, 2.75) is 6.92 Å². The number of aromatic hydroxyl groups is 1. The highest BCUT2D eigenvalue weighted by atomic mass is 35.5. The van der Waals surface area contributed by atoms with Crippen LogP contribution in [0.15, 0.2) is 18.2 Å². The van der Waals surface area contributed by atoms with Crippen LogP contribution >= 0.6 is 23.2 Å². The molecule has 0 saturated carbocycles. The molecule has 0 amide bonds. The van der Waals surface area contributed by atoms with E-state index in [1.807, 2.05) is 0 Å². The normalized spacial score (nSPS) is 10.3. The van der Waals surface area contributed by atoms with Gasteiger partial charge in [0.05, 0.1) is 0 Å². The molecule has 2 rings (SSSR count). The van der Waals surface area contributed by atoms with Crippen LogP contribution in [0.4, 0.5) is 11.6 Å². The van der Waals surface area contributed by atoms with Crippen molar-refractivity contribution < 1.29 is 5.11 Å². The van der Waals surface area contributed by atoms with Crippen molar-refractivity contribution in [3.8, 4) is 5.75 Å². The van der Waals surface area contributed by atoms with Crippen molar-refractivity contribution in [1.82, 2.24) is 15.0 Å². The van der Waals surface area contributed by atoms with Gasteiger partial charge >= 0.3 is 0 Å². The molecule has 0 radical (unpaired) electrons. The van der Waals surface area contributed by atoms with Gasteiger partial charge in [0.2, 0.25) is 16.5 Å². The molecular formula is C10H8Cl2N4O. The molecule has 1 aromatic heterocycles. The van der Waals surface area contributed by atoms with Gasteiger partial charge in [-0.05, 0) is 41.8 Å². The van der Waals surface area contributed by atoms with Gasteiger partial charge in [-0.1, -0.05) is 6.07 Å². The lowest BCUT2D eigenvalue weighted by Gasteiger charge is -2.06. The summed E-state index contributed by atoms with van der Waals surface area (Å²) in [5, 5.41) is 12.4. The smallest absolute Gasteiger partial charge is 0.232 e. The second-order valence-corrected chi connectivity index (χ2v) is 4.00. The van der Waals surface area contributed by atoms with Crippen molar-refractivity contribution in [1.29, 1.82) is 0 Å². The van der Waals surface area contributed by atoms with E-state index in [2.05, 4.69) is 20.3 Å². The summed E-state index contributed by atoms with van der Waals surface area (Å²) in [6, 6.07) is 5.10. The number of halogens is 2. The molecule has 5 nitrogen and oxygen atoms in total. The van der Waals surface area contributed by atoms with Crippen LogP contribution in [0.3, 0.4) is 0 Å². The van der Waals surface area contributed by atoms with E-state index in [9.17, 15) is 5.11 Å². The minimum atomic E-state index is 0.00355. The number of aromatic nitrogens is 3. The van der Waals surface area contributed by atoms with Gasteiger partial charge in [-0.3, -0.25) is 0 Å². The van der Waals surface area contributed by atoms with Crippen LogP contribution < -0.4 is 5.32 Å². The molecule has 0 fully saturated rings. The van der Waals surface area contributed by atoms with Gasteiger partial charge in [0.1, 0.15) is 5.75 Å². The third-order valence-corrected chi connectivity index (χ3v) is 2.38. The minimum Gasteiger partial charge on any atom is -0.508 e. The Balaban J connectivity index is 2.28. The Morgan fingerprint density at radius 3 is 2.35 bits per heavy atom. The van der Waals surface area contributed by atoms with E-state index in [0.29, 0.717) is 5.69 Å². The zero-order chi connectivity index (χ0) is 12.4. The highest BCUT2D eigenvalue weighted by Crippen LogP contribution is 2.23. The maximum atomic E-state index is 9.54. The van der Waals surface area contributed by atoms with E-state index in [4.69, 9.17) is 23.2 Å². The van der Waals surface area contributed by atoms with Crippen molar-refractivity contribution >= 4 is 34.8 Å². The number of hydrogen-bond acceptors (Lipinski definition) is 5. The Morgan fingerprint density at radius 2 is 1.76 bits per heavy atom. The zero-order valence-electron chi connectivity index (χ0n) is 8.78. The van der Waals surface area contributed by atoms with E-state index >= 15 is 0 Å². The Hall–Kier alpha value is -1.59. The van der Waals surface area contributed by atoms with Crippen LogP contribution in [0.25, 0.3) is 0 Å². The molecule has 0 unspecified atom stereocenters. The molecule has 0 saturated heterocycles. The van der Waals surface area contributed by atoms with Gasteiger partial charge in [0, 0.05) is 11.8 Å². The van der Waals surface area contributed by atoms with Crippen LogP contribution in [0, 0.1) is 6.92 Å². The predicted octanol–water partition coefficient (Wildman–Crippen LogP) is 2.94. The summed E-state index contributed by atoms with van der Waals surface area (Å²) in [7, 11) is 0. The first-order valence-electron chi connectivity index (χ1n) is 4.68. The Morgan fingerprint density at radius 1 is 1.12 bits per heavy atom. The van der Waals surface area contributed by atoms with Crippen LogP contribution in [0.1, 0.15) is 5.56 Å². The molecular weight excluding hydrogens is 263 g/mol. The molecule has 2 N–H and O–H groups in total. The van der Waals surface area contributed by atoms with Gasteiger partial charge in [0.15, 0.2) is 0 Å². The largest absolute Gasteiger partial charge is 0.508 e. The third kappa shape index (κ3) is 2.95. The van der Waals surface area contributed by atoms with Gasteiger partial charge in [-0.15, -0.1) is 0 Å². The third-order valence-electron chi connectivity index (χ3n) is 2.05. The maximum absolute atomic E-state index is 9.54. The summed E-state index contributed by atoms with van der Waals surface area (Å²) >= 11 is 11.3. The second-order valence-electron chi connectivity index (χ2n) is 3.32. The standard InChI is InChI=1S/C10H8Cl2N4O/c1-5-2-3-6(4-7(5)17)13-10-15-8(11)14-9(12)16-10/h2-4,17H,1H3,(H,13,14,15,16). The van der Waals surface area contributed by atoms with Crippen molar-refractivity contribution in [2.75, 3.05) is 5.32 Å². The first-order valence-corrected chi connectivity index (χ1v) is 5.44. The molecule has 1 aromatic carbocycles. The molecule has 0 aliphatic rings. The molecule has 88 valence electrons. The van der Waals surface area contributed by atoms with Gasteiger partial charge in [0.25, 0.3) is 0 Å². The van der Waals surface area contributed by atoms with Crippen LogP contribution in [-0.4, -0.2) is 20.1 Å². The highest BCUT2D eigenvalue weighted by Gasteiger charge is 2.04. The molecule has 0 spiro atoms. The zero-order valence-corrected chi connectivity index (χ0v) is 10.3. The molecule has 0 atom stereocenters. The van der Waals surface area contributed by atoms with E-state index in [0.717, 1.165) is 5.56 Å². The maximum Gasteiger partial charge on any atom is 0.232 e. The van der Waals surface area contributed by atoms with Gasteiger partial charge < -0.3 is 10.4 Å². The van der Waals surface area contributed by atoms with E-state index in [1.54, 1.807) is 25.1 Å². The van der Waals surface area contributed by atoms with E-state index < -0.39 is 0 Å². The average Bonchev–Trinajstić information content (AvgIpc) is 2.22. The Kier molecular flexibility index (Phi) is 3.31. The molecule has 17 heavy (non-hydrogen) atoms. The first-order chi connectivity index (χ1) is 8.04. The van der Waals surface area contributed by atoms with Crippen LogP contribution in [-0.2, 0) is 0 Å². The quantitative estimate of drug-likeness (QED) is 0.878. The molecule has 2 aromatic rings. The molecule has 0 aliphatic carbocycles. The summed E-state index contributed by atoms with van der Waals surface area (Å²) in [4.78, 5) is 11.3. The molecule has 1 heterocycles. The fourth-order valence-corrected chi connectivity index (χ4v) is 1.56. The summed E-state index contributed by atoms with van der Waals surface area (Å²) in [5.41, 5.74) is 1.41. The summed E-state index contributed by atoms with van der Waals surface area (Å²) in [6.07, 6.45) is 0. The number of aryl methyl sites for hydroxylation is 1. The average molecular weight is 271 g/mol. The fourth-order valence-electron chi connectivity index (χ4n) is 1.20. The van der Waals surface area contributed by atoms with Gasteiger partial charge in [-0.25, -0.2) is 0 Å². The first kappa shape index (κ1) is 11.9. The number of phenols is 1. The van der Waals surface area contributed by atoms with Crippen molar-refractivity contribution in [2.24, 2.45) is 0 Å². The number of rotatable bonds is 2. The van der Waals surface area contributed by atoms with Crippen LogP contribution in [0.2, 0.25) is 10.6 Å². The second kappa shape index (κ2) is 4.73. The number of nitrogens with zero attached hydrogens (tertiary/aromatic N) is 3. The number of nitrogens with one attached hydrogen (secondary N) is 1. The summed E-state index contributed by atoms with van der Waals surface area (Å²) < 4.78 is 0. The lowest BCUT2D eigenvalue weighted by atomic mass is 10.2. The monoisotopic (exact) mass is 270 g/mol. The van der Waals surface area contributed by atoms with Crippen molar-refractivity contribution in [3.63, 3.8) is 0 Å². The minimum absolute atomic E-state index is 0.00355. The van der Waals surface area contributed by atoms with E-state index in [1.165, 1.54) is 0 Å². The predicted molar refractivity (Wildman–Crippen MR) is 66.0 cm³/mol. The van der Waals surface area contributed by atoms with Gasteiger partial charge in [-0.2, -0.15) is 15.0 Å². The summed E-state index contributed by atoms with van der Waals surface area (Å²) in [5.74, 6) is 0.402. The number of anilines is 2. The Bertz CT molecular complexity index is 542. The summed E-state index contributed by atoms with van der Waals surface area (Å²) in [6.45, 7) is 1.80. The molecule has 0 aliphatic heterocycles. The number of benzene rings is 1. The lowest BCUT2D eigenvalue weighted by molar-refractivity contribution is 0.471. The topological polar surface area (TPSA) is 70.9 Å². The van der Waals surface area contributed by atoms with E-state index in [-0.39, 0.29) is 22.3 Å². The number of phenolic OH excluding ortho intramolecular Hbond substituents is 1. The molecule has 0 bridgehead atoms. The van der Waals surface area contributed by atoms with Crippen LogP contribution in [0.5, 0.6) is 5.75 Å². The molecule has 7 heteroatoms. The van der Waals surface area contributed by atoms with Crippen molar-refractivity contribution in [3.05, 3.63) is 34.3 Å². The SMILES string of the molecule is Cc1ccc(Nc2nc(Cl)nc(Cl)n2)cc1O.